The first-order valence-electron chi connectivity index (χ1n) is 7.10. The van der Waals surface area contributed by atoms with Crippen molar-refractivity contribution in [2.24, 2.45) is 14.1 Å². The number of hydrogen-bond donors (Lipinski definition) is 2. The van der Waals surface area contributed by atoms with Gasteiger partial charge in [-0.3, -0.25) is 24.0 Å². The average Bonchev–Trinajstić information content (AvgIpc) is 2.50. The number of hydrogen-bond acceptors (Lipinski definition) is 7. The van der Waals surface area contributed by atoms with Crippen molar-refractivity contribution in [3.63, 3.8) is 0 Å². The highest BCUT2D eigenvalue weighted by atomic mass is 16.6. The molecule has 0 saturated heterocycles. The van der Waals surface area contributed by atoms with Crippen LogP contribution in [0.25, 0.3) is 11.0 Å². The molecule has 0 radical (unpaired) electrons. The zero-order chi connectivity index (χ0) is 17.3. The quantitative estimate of drug-likeness (QED) is 0.603. The predicted molar refractivity (Wildman–Crippen MR) is 87.2 cm³/mol. The Morgan fingerprint density at radius 2 is 1.74 bits per heavy atom. The maximum Gasteiger partial charge on any atom is 0.335 e. The maximum absolute atomic E-state index is 12.5. The number of nitro groups is 1. The summed E-state index contributed by atoms with van der Waals surface area (Å²) in [7, 11) is 2.79. The van der Waals surface area contributed by atoms with E-state index in [1.807, 2.05) is 0 Å². The van der Waals surface area contributed by atoms with E-state index in [-0.39, 0.29) is 28.2 Å². The van der Waals surface area contributed by atoms with Crippen molar-refractivity contribution in [2.45, 2.75) is 13.8 Å². The Labute approximate surface area is 130 Å². The fourth-order valence-corrected chi connectivity index (χ4v) is 2.40. The number of fused-ring (bicyclic) bond motifs is 1. The summed E-state index contributed by atoms with van der Waals surface area (Å²) in [5.74, 6) is 0.0178. The number of nitrogens with one attached hydrogen (secondary N) is 2. The highest BCUT2D eigenvalue weighted by molar-refractivity contribution is 5.97. The molecule has 0 aromatic carbocycles. The van der Waals surface area contributed by atoms with Gasteiger partial charge in [-0.25, -0.2) is 9.78 Å². The first-order chi connectivity index (χ1) is 10.8. The molecule has 10 heteroatoms. The van der Waals surface area contributed by atoms with Crippen molar-refractivity contribution >= 4 is 28.2 Å². The molecule has 0 unspecified atom stereocenters. The molecule has 2 rings (SSSR count). The van der Waals surface area contributed by atoms with E-state index in [0.29, 0.717) is 13.1 Å². The maximum atomic E-state index is 12.5. The van der Waals surface area contributed by atoms with Crippen LogP contribution < -0.4 is 21.9 Å². The minimum Gasteiger partial charge on any atom is -0.379 e. The summed E-state index contributed by atoms with van der Waals surface area (Å²) in [6, 6.07) is 0. The molecule has 0 fully saturated rings. The monoisotopic (exact) mass is 322 g/mol. The van der Waals surface area contributed by atoms with Gasteiger partial charge in [0, 0.05) is 27.2 Å². The molecule has 10 nitrogen and oxygen atoms in total. The molecule has 2 N–H and O–H groups in total. The van der Waals surface area contributed by atoms with E-state index < -0.39 is 16.2 Å². The Morgan fingerprint density at radius 3 is 2.26 bits per heavy atom. The largest absolute Gasteiger partial charge is 0.379 e. The molecule has 23 heavy (non-hydrogen) atoms. The molecule has 2 heterocycles. The fourth-order valence-electron chi connectivity index (χ4n) is 2.40. The zero-order valence-electron chi connectivity index (χ0n) is 13.3. The van der Waals surface area contributed by atoms with Crippen molar-refractivity contribution in [1.29, 1.82) is 0 Å². The van der Waals surface area contributed by atoms with Gasteiger partial charge >= 0.3 is 11.4 Å². The first kappa shape index (κ1) is 16.5. The summed E-state index contributed by atoms with van der Waals surface area (Å²) >= 11 is 0. The number of nitrogens with zero attached hydrogens (tertiary/aromatic N) is 4. The van der Waals surface area contributed by atoms with Gasteiger partial charge in [0.05, 0.1) is 4.92 Å². The Kier molecular flexibility index (Phi) is 4.34. The minimum atomic E-state index is -0.627. The SMILES string of the molecule is CCNc1nc2c(c(NCC)c1[N+](=O)[O-])c(=O)n(C)c(=O)n2C. The lowest BCUT2D eigenvalue weighted by Gasteiger charge is -2.14. The summed E-state index contributed by atoms with van der Waals surface area (Å²) in [5.41, 5.74) is -1.33. The first-order valence-corrected chi connectivity index (χ1v) is 7.10. The highest BCUT2D eigenvalue weighted by Crippen LogP contribution is 2.35. The van der Waals surface area contributed by atoms with Gasteiger partial charge in [0.1, 0.15) is 11.1 Å². The standard InChI is InChI=1S/C13H18N6O4/c1-5-14-8-7-11(17(3)13(21)18(4)12(7)20)16-10(15-6-2)9(8)19(22)23/h5-6H2,1-4H3,(H2,14,15,16). The lowest BCUT2D eigenvalue weighted by Crippen LogP contribution is -2.37. The molecule has 0 spiro atoms. The topological polar surface area (TPSA) is 124 Å². The van der Waals surface area contributed by atoms with E-state index in [1.165, 1.54) is 18.7 Å². The Hall–Kier alpha value is -2.91. The number of anilines is 2. The lowest BCUT2D eigenvalue weighted by molar-refractivity contribution is -0.383. The molecule has 0 bridgehead atoms. The van der Waals surface area contributed by atoms with E-state index in [1.54, 1.807) is 13.8 Å². The molecule has 0 amide bonds. The number of rotatable bonds is 5. The Morgan fingerprint density at radius 1 is 1.13 bits per heavy atom. The van der Waals surface area contributed by atoms with Crippen LogP contribution in [0.4, 0.5) is 17.2 Å². The summed E-state index contributed by atoms with van der Waals surface area (Å²) < 4.78 is 2.10. The van der Waals surface area contributed by atoms with Crippen molar-refractivity contribution in [3.05, 3.63) is 31.0 Å². The average molecular weight is 322 g/mol. The minimum absolute atomic E-state index is 0.0178. The number of aromatic nitrogens is 3. The van der Waals surface area contributed by atoms with Crippen LogP contribution in [0.15, 0.2) is 9.59 Å². The van der Waals surface area contributed by atoms with Crippen LogP contribution in [0, 0.1) is 10.1 Å². The van der Waals surface area contributed by atoms with Gasteiger partial charge in [-0.05, 0) is 13.8 Å². The smallest absolute Gasteiger partial charge is 0.335 e. The van der Waals surface area contributed by atoms with E-state index in [2.05, 4.69) is 15.6 Å². The van der Waals surface area contributed by atoms with Crippen LogP contribution in [0.2, 0.25) is 0 Å². The molecule has 124 valence electrons. The van der Waals surface area contributed by atoms with Crippen LogP contribution >= 0.6 is 0 Å². The van der Waals surface area contributed by atoms with Gasteiger partial charge in [0.15, 0.2) is 5.65 Å². The molecule has 0 aliphatic carbocycles. The molecule has 0 aliphatic heterocycles. The van der Waals surface area contributed by atoms with Crippen molar-refractivity contribution < 1.29 is 4.92 Å². The Bertz CT molecular complexity index is 898. The van der Waals surface area contributed by atoms with Gasteiger partial charge in [-0.15, -0.1) is 0 Å². The third kappa shape index (κ3) is 2.51. The summed E-state index contributed by atoms with van der Waals surface area (Å²) in [5, 5.41) is 17.2. The molecule has 2 aromatic rings. The van der Waals surface area contributed by atoms with Crippen LogP contribution in [0.5, 0.6) is 0 Å². The van der Waals surface area contributed by atoms with Crippen LogP contribution in [-0.4, -0.2) is 32.1 Å². The Balaban J connectivity index is 3.13. The predicted octanol–water partition coefficient (Wildman–Crippen LogP) is 0.404. The van der Waals surface area contributed by atoms with Crippen molar-refractivity contribution in [3.8, 4) is 0 Å². The molecule has 2 aromatic heterocycles. The van der Waals surface area contributed by atoms with Crippen LogP contribution in [0.1, 0.15) is 13.8 Å². The molecule has 0 atom stereocenters. The van der Waals surface area contributed by atoms with Crippen molar-refractivity contribution in [1.82, 2.24) is 14.1 Å². The van der Waals surface area contributed by atoms with E-state index in [0.717, 1.165) is 4.57 Å². The summed E-state index contributed by atoms with van der Waals surface area (Å²) in [6.07, 6.45) is 0. The fraction of sp³-hybridized carbons (Fsp3) is 0.462. The van der Waals surface area contributed by atoms with Gasteiger partial charge < -0.3 is 10.6 Å². The highest BCUT2D eigenvalue weighted by Gasteiger charge is 2.28. The molecular weight excluding hydrogens is 304 g/mol. The zero-order valence-corrected chi connectivity index (χ0v) is 13.3. The van der Waals surface area contributed by atoms with Crippen LogP contribution in [0.3, 0.4) is 0 Å². The van der Waals surface area contributed by atoms with E-state index >= 15 is 0 Å². The van der Waals surface area contributed by atoms with Gasteiger partial charge in [0.25, 0.3) is 5.56 Å². The second-order valence-corrected chi connectivity index (χ2v) is 4.91. The van der Waals surface area contributed by atoms with Crippen molar-refractivity contribution in [2.75, 3.05) is 23.7 Å². The third-order valence-corrected chi connectivity index (χ3v) is 3.44. The van der Waals surface area contributed by atoms with Gasteiger partial charge in [-0.2, -0.15) is 0 Å². The van der Waals surface area contributed by atoms with Gasteiger partial charge in [0.2, 0.25) is 5.82 Å². The normalized spacial score (nSPS) is 10.8. The van der Waals surface area contributed by atoms with Crippen LogP contribution in [-0.2, 0) is 14.1 Å². The van der Waals surface area contributed by atoms with E-state index in [4.69, 9.17) is 0 Å². The second-order valence-electron chi connectivity index (χ2n) is 4.91. The summed E-state index contributed by atoms with van der Waals surface area (Å²) in [6.45, 7) is 4.31. The molecular formula is C13H18N6O4. The molecule has 0 saturated carbocycles. The van der Waals surface area contributed by atoms with E-state index in [9.17, 15) is 19.7 Å². The van der Waals surface area contributed by atoms with Gasteiger partial charge in [-0.1, -0.05) is 0 Å². The molecule has 0 aliphatic rings. The number of pyridine rings is 1. The summed E-state index contributed by atoms with van der Waals surface area (Å²) in [4.78, 5) is 39.6. The second kappa shape index (κ2) is 6.07. The third-order valence-electron chi connectivity index (χ3n) is 3.44. The number of aryl methyl sites for hydroxylation is 1. The lowest BCUT2D eigenvalue weighted by atomic mass is 10.2.